The van der Waals surface area contributed by atoms with Crippen molar-refractivity contribution in [2.24, 2.45) is 5.41 Å². The highest BCUT2D eigenvalue weighted by atomic mass is 79.9. The maximum Gasteiger partial charge on any atom is 0.412 e. The summed E-state index contributed by atoms with van der Waals surface area (Å²) in [6.45, 7) is 3.69. The summed E-state index contributed by atoms with van der Waals surface area (Å²) in [5.41, 5.74) is 7.30. The van der Waals surface area contributed by atoms with Crippen LogP contribution >= 0.6 is 15.9 Å². The molecule has 7 nitrogen and oxygen atoms in total. The fraction of sp³-hybridized carbons (Fsp3) is 0.154. The van der Waals surface area contributed by atoms with Crippen molar-refractivity contribution < 1.29 is 19.4 Å². The minimum Gasteiger partial charge on any atom is -0.508 e. The Morgan fingerprint density at radius 1 is 1.00 bits per heavy atom. The summed E-state index contributed by atoms with van der Waals surface area (Å²) in [5, 5.41) is 15.1. The highest BCUT2D eigenvalue weighted by molar-refractivity contribution is 9.10. The lowest BCUT2D eigenvalue weighted by molar-refractivity contribution is -0.112. The van der Waals surface area contributed by atoms with Crippen molar-refractivity contribution >= 4 is 45.0 Å². The number of halogens is 1. The number of ether oxygens (including phenoxy) is 1. The third kappa shape index (κ3) is 6.86. The van der Waals surface area contributed by atoms with Gasteiger partial charge in [-0.15, -0.1) is 0 Å². The Morgan fingerprint density at radius 3 is 2.29 bits per heavy atom. The van der Waals surface area contributed by atoms with Gasteiger partial charge in [0.15, 0.2) is 0 Å². The molecule has 0 fully saturated rings. The molecule has 3 aromatic carbocycles. The van der Waals surface area contributed by atoms with Crippen molar-refractivity contribution in [3.8, 4) is 5.75 Å². The van der Waals surface area contributed by atoms with E-state index in [0.29, 0.717) is 22.6 Å². The first-order chi connectivity index (χ1) is 16.1. The first-order valence-corrected chi connectivity index (χ1v) is 11.3. The minimum atomic E-state index is -0.784. The number of anilines is 3. The fourth-order valence-corrected chi connectivity index (χ4v) is 3.51. The molecule has 176 valence electrons. The minimum absolute atomic E-state index is 0.0926. The molecule has 5 N–H and O–H groups in total. The van der Waals surface area contributed by atoms with E-state index < -0.39 is 17.6 Å². The number of hydrogen-bond donors (Lipinski definition) is 4. The number of benzene rings is 3. The van der Waals surface area contributed by atoms with E-state index in [-0.39, 0.29) is 11.7 Å². The summed E-state index contributed by atoms with van der Waals surface area (Å²) in [6.07, 6.45) is 1.65. The molecule has 0 aliphatic heterocycles. The van der Waals surface area contributed by atoms with Crippen LogP contribution in [0.15, 0.2) is 89.4 Å². The molecule has 0 saturated carbocycles. The van der Waals surface area contributed by atoms with Crippen molar-refractivity contribution in [3.05, 3.63) is 95.0 Å². The predicted molar refractivity (Wildman–Crippen MR) is 137 cm³/mol. The lowest BCUT2D eigenvalue weighted by Crippen LogP contribution is -2.28. The van der Waals surface area contributed by atoms with Crippen molar-refractivity contribution in [1.29, 1.82) is 0 Å². The van der Waals surface area contributed by atoms with E-state index in [1.807, 2.05) is 13.8 Å². The standard InChI is InChI=1S/C26H26BrN3O4/c1-26(2,16-15-23(32)30-22-6-4-3-5-21(22)28)24(17-7-13-20(31)14-8-17)34-25(33)29-19-11-9-18(27)10-12-19/h3-16,24,31H,28H2,1-2H3,(H,29,33)(H,30,32)/b16-15+/t24-/m1/s1. The van der Waals surface area contributed by atoms with E-state index in [0.717, 1.165) is 4.47 Å². The molecule has 0 bridgehead atoms. The van der Waals surface area contributed by atoms with Gasteiger partial charge in [0.2, 0.25) is 5.91 Å². The van der Waals surface area contributed by atoms with Crippen LogP contribution in [0.3, 0.4) is 0 Å². The number of carbonyl (C=O) groups excluding carboxylic acids is 2. The Hall–Kier alpha value is -3.78. The second-order valence-electron chi connectivity index (χ2n) is 8.24. The quantitative estimate of drug-likeness (QED) is 0.216. The average molecular weight is 524 g/mol. The summed E-state index contributed by atoms with van der Waals surface area (Å²) in [7, 11) is 0. The van der Waals surface area contributed by atoms with Gasteiger partial charge in [-0.25, -0.2) is 4.79 Å². The first kappa shape index (κ1) is 24.9. The highest BCUT2D eigenvalue weighted by Gasteiger charge is 2.32. The summed E-state index contributed by atoms with van der Waals surface area (Å²) in [5.74, 6) is -0.273. The molecule has 0 heterocycles. The SMILES string of the molecule is CC(C)(/C=C/C(=O)Nc1ccccc1N)[C@H](OC(=O)Nc1ccc(Br)cc1)c1ccc(O)cc1. The van der Waals surface area contributed by atoms with E-state index in [4.69, 9.17) is 10.5 Å². The third-order valence-electron chi connectivity index (χ3n) is 5.07. The van der Waals surface area contributed by atoms with Gasteiger partial charge in [-0.3, -0.25) is 10.1 Å². The Labute approximate surface area is 206 Å². The number of carbonyl (C=O) groups is 2. The first-order valence-electron chi connectivity index (χ1n) is 10.5. The smallest absolute Gasteiger partial charge is 0.412 e. The number of para-hydroxylation sites is 2. The Balaban J connectivity index is 1.79. The zero-order valence-corrected chi connectivity index (χ0v) is 20.4. The number of amides is 2. The van der Waals surface area contributed by atoms with Crippen LogP contribution in [-0.2, 0) is 9.53 Å². The van der Waals surface area contributed by atoms with Crippen molar-refractivity contribution in [1.82, 2.24) is 0 Å². The van der Waals surface area contributed by atoms with Crippen molar-refractivity contribution in [2.75, 3.05) is 16.4 Å². The number of nitrogens with two attached hydrogens (primary N) is 1. The van der Waals surface area contributed by atoms with Gasteiger partial charge in [0.25, 0.3) is 0 Å². The van der Waals surface area contributed by atoms with Crippen LogP contribution in [0.2, 0.25) is 0 Å². The van der Waals surface area contributed by atoms with Gasteiger partial charge in [0, 0.05) is 15.6 Å². The molecule has 2 amide bonds. The molecule has 8 heteroatoms. The van der Waals surface area contributed by atoms with E-state index in [1.54, 1.807) is 66.7 Å². The number of nitrogens with one attached hydrogen (secondary N) is 2. The molecular weight excluding hydrogens is 498 g/mol. The van der Waals surface area contributed by atoms with Crippen LogP contribution < -0.4 is 16.4 Å². The summed E-state index contributed by atoms with van der Waals surface area (Å²) in [6, 6.07) is 20.4. The summed E-state index contributed by atoms with van der Waals surface area (Å²) < 4.78 is 6.68. The summed E-state index contributed by atoms with van der Waals surface area (Å²) >= 11 is 3.36. The zero-order chi connectivity index (χ0) is 24.7. The van der Waals surface area contributed by atoms with Gasteiger partial charge in [-0.2, -0.15) is 0 Å². The number of phenolic OH excluding ortho intramolecular Hbond substituents is 1. The normalized spacial score (nSPS) is 12.2. The van der Waals surface area contributed by atoms with Crippen molar-refractivity contribution in [3.63, 3.8) is 0 Å². The molecule has 0 aliphatic carbocycles. The Kier molecular flexibility index (Phi) is 7.96. The van der Waals surface area contributed by atoms with Gasteiger partial charge in [-0.05, 0) is 60.2 Å². The molecule has 3 aromatic rings. The Morgan fingerprint density at radius 2 is 1.65 bits per heavy atom. The lowest BCUT2D eigenvalue weighted by Gasteiger charge is -2.31. The highest BCUT2D eigenvalue weighted by Crippen LogP contribution is 2.39. The number of nitrogen functional groups attached to an aromatic ring is 1. The van der Waals surface area contributed by atoms with Gasteiger partial charge in [-0.1, -0.05) is 60.1 Å². The van der Waals surface area contributed by atoms with Crippen LogP contribution in [0.1, 0.15) is 25.5 Å². The number of hydrogen-bond acceptors (Lipinski definition) is 5. The monoisotopic (exact) mass is 523 g/mol. The Bertz CT molecular complexity index is 1180. The molecule has 1 atom stereocenters. The zero-order valence-electron chi connectivity index (χ0n) is 18.8. The fourth-order valence-electron chi connectivity index (χ4n) is 3.25. The molecule has 34 heavy (non-hydrogen) atoms. The van der Waals surface area contributed by atoms with Gasteiger partial charge in [0.05, 0.1) is 11.4 Å². The molecule has 0 spiro atoms. The van der Waals surface area contributed by atoms with Crippen LogP contribution in [-0.4, -0.2) is 17.1 Å². The van der Waals surface area contributed by atoms with E-state index in [2.05, 4.69) is 26.6 Å². The maximum absolute atomic E-state index is 12.7. The maximum atomic E-state index is 12.7. The van der Waals surface area contributed by atoms with E-state index in [9.17, 15) is 14.7 Å². The van der Waals surface area contributed by atoms with Gasteiger partial charge in [0.1, 0.15) is 11.9 Å². The van der Waals surface area contributed by atoms with Crippen LogP contribution in [0.25, 0.3) is 0 Å². The van der Waals surface area contributed by atoms with Gasteiger partial charge < -0.3 is 20.9 Å². The average Bonchev–Trinajstić information content (AvgIpc) is 2.80. The second kappa shape index (κ2) is 10.9. The number of aromatic hydroxyl groups is 1. The van der Waals surface area contributed by atoms with E-state index >= 15 is 0 Å². The summed E-state index contributed by atoms with van der Waals surface area (Å²) in [4.78, 5) is 25.2. The molecule has 3 rings (SSSR count). The van der Waals surface area contributed by atoms with Gasteiger partial charge >= 0.3 is 6.09 Å². The molecule has 0 aliphatic rings. The molecular formula is C26H26BrN3O4. The third-order valence-corrected chi connectivity index (χ3v) is 5.60. The number of rotatable bonds is 7. The molecule has 0 aromatic heterocycles. The molecule has 0 radical (unpaired) electrons. The molecule has 0 saturated heterocycles. The molecule has 0 unspecified atom stereocenters. The number of phenols is 1. The van der Waals surface area contributed by atoms with E-state index in [1.165, 1.54) is 18.2 Å². The topological polar surface area (TPSA) is 114 Å². The second-order valence-corrected chi connectivity index (χ2v) is 9.16. The van der Waals surface area contributed by atoms with Crippen molar-refractivity contribution in [2.45, 2.75) is 20.0 Å². The van der Waals surface area contributed by atoms with Crippen LogP contribution in [0, 0.1) is 5.41 Å². The van der Waals surface area contributed by atoms with Crippen LogP contribution in [0.4, 0.5) is 21.9 Å². The predicted octanol–water partition coefficient (Wildman–Crippen LogP) is 6.25. The largest absolute Gasteiger partial charge is 0.508 e. The van der Waals surface area contributed by atoms with Crippen LogP contribution in [0.5, 0.6) is 5.75 Å². The lowest BCUT2D eigenvalue weighted by atomic mass is 9.82.